The molecular weight excluding hydrogens is 424 g/mol. The van der Waals surface area contributed by atoms with Crippen LogP contribution in [0.5, 0.6) is 0 Å². The van der Waals surface area contributed by atoms with Gasteiger partial charge in [-0.15, -0.1) is 0 Å². The van der Waals surface area contributed by atoms with E-state index in [4.69, 9.17) is 0 Å². The fraction of sp³-hybridized carbons (Fsp3) is 0.375. The third-order valence-corrected chi connectivity index (χ3v) is 6.93. The lowest BCUT2D eigenvalue weighted by molar-refractivity contribution is -0.142. The van der Waals surface area contributed by atoms with Gasteiger partial charge < -0.3 is 4.90 Å². The summed E-state index contributed by atoms with van der Waals surface area (Å²) >= 11 is 0. The van der Waals surface area contributed by atoms with Crippen molar-refractivity contribution < 1.29 is 14.4 Å². The van der Waals surface area contributed by atoms with Gasteiger partial charge in [-0.05, 0) is 23.8 Å². The fourth-order valence-corrected chi connectivity index (χ4v) is 5.32. The van der Waals surface area contributed by atoms with Crippen LogP contribution >= 0.6 is 0 Å². The Morgan fingerprint density at radius 3 is 2.27 bits per heavy atom. The molecule has 9 heteroatoms. The molecule has 2 heterocycles. The Morgan fingerprint density at radius 2 is 1.64 bits per heavy atom. The van der Waals surface area contributed by atoms with Crippen LogP contribution in [-0.2, 0) is 27.5 Å². The molecule has 3 aliphatic rings. The van der Waals surface area contributed by atoms with E-state index in [1.54, 1.807) is 0 Å². The number of amides is 3. The number of H-pyrrole nitrogens is 1. The van der Waals surface area contributed by atoms with Gasteiger partial charge >= 0.3 is 5.69 Å². The molecule has 1 aromatic carbocycles. The summed E-state index contributed by atoms with van der Waals surface area (Å²) in [7, 11) is 0. The number of aromatic nitrogens is 2. The normalized spacial score (nSPS) is 25.0. The Morgan fingerprint density at radius 1 is 0.970 bits per heavy atom. The standard InChI is InChI=1S/C24H24N4O5/c29-18-8-9-27(24(33)25-18)14-19(30)26(13-15-4-2-1-3-5-15)10-11-28-22(31)20-16-6-7-17(12-16)21(20)23(28)32/h1-9,16-17,20-21H,10-14H2,(H,25,29,33)/t16-,17+,20+,21-. The number of imide groups is 1. The highest BCUT2D eigenvalue weighted by atomic mass is 16.2. The molecule has 9 nitrogen and oxygen atoms in total. The summed E-state index contributed by atoms with van der Waals surface area (Å²) in [5.74, 6) is -0.923. The maximum absolute atomic E-state index is 13.1. The second-order valence-corrected chi connectivity index (χ2v) is 8.87. The summed E-state index contributed by atoms with van der Waals surface area (Å²) in [5.41, 5.74) is -0.320. The zero-order chi connectivity index (χ0) is 23.1. The van der Waals surface area contributed by atoms with Crippen LogP contribution in [0.15, 0.2) is 64.3 Å². The highest BCUT2D eigenvalue weighted by Gasteiger charge is 2.59. The van der Waals surface area contributed by atoms with Crippen LogP contribution in [0, 0.1) is 23.7 Å². The smallest absolute Gasteiger partial charge is 0.328 e. The van der Waals surface area contributed by atoms with E-state index >= 15 is 0 Å². The van der Waals surface area contributed by atoms with Gasteiger partial charge in [-0.3, -0.25) is 33.6 Å². The number of benzene rings is 1. The first-order chi connectivity index (χ1) is 15.9. The molecule has 0 unspecified atom stereocenters. The van der Waals surface area contributed by atoms with Gasteiger partial charge in [0.15, 0.2) is 0 Å². The average molecular weight is 448 g/mol. The summed E-state index contributed by atoms with van der Waals surface area (Å²) in [5, 5.41) is 0. The van der Waals surface area contributed by atoms with Crippen molar-refractivity contribution in [1.82, 2.24) is 19.4 Å². The number of hydrogen-bond acceptors (Lipinski definition) is 5. The average Bonchev–Trinajstić information content (AvgIpc) is 3.48. The van der Waals surface area contributed by atoms with E-state index in [1.165, 1.54) is 22.1 Å². The van der Waals surface area contributed by atoms with E-state index in [0.717, 1.165) is 16.6 Å². The number of hydrogen-bond donors (Lipinski definition) is 1. The quantitative estimate of drug-likeness (QED) is 0.486. The molecule has 1 saturated heterocycles. The van der Waals surface area contributed by atoms with Gasteiger partial charge in [-0.2, -0.15) is 0 Å². The number of allylic oxidation sites excluding steroid dienone is 2. The van der Waals surface area contributed by atoms with Crippen LogP contribution in [0.1, 0.15) is 12.0 Å². The number of carbonyl (C=O) groups excluding carboxylic acids is 3. The molecule has 2 aliphatic carbocycles. The van der Waals surface area contributed by atoms with Crippen molar-refractivity contribution in [2.24, 2.45) is 23.7 Å². The minimum atomic E-state index is -0.670. The molecule has 5 rings (SSSR count). The van der Waals surface area contributed by atoms with Crippen molar-refractivity contribution >= 4 is 17.7 Å². The molecule has 1 saturated carbocycles. The van der Waals surface area contributed by atoms with Gasteiger partial charge in [-0.1, -0.05) is 42.5 Å². The van der Waals surface area contributed by atoms with Crippen molar-refractivity contribution in [3.8, 4) is 0 Å². The summed E-state index contributed by atoms with van der Waals surface area (Å²) in [6.45, 7) is 0.284. The Bertz CT molecular complexity index is 1220. The van der Waals surface area contributed by atoms with Gasteiger partial charge in [0.2, 0.25) is 17.7 Å². The minimum Gasteiger partial charge on any atom is -0.335 e. The van der Waals surface area contributed by atoms with Gasteiger partial charge in [0.05, 0.1) is 11.8 Å². The molecule has 2 fully saturated rings. The first-order valence-corrected chi connectivity index (χ1v) is 11.1. The summed E-state index contributed by atoms with van der Waals surface area (Å²) in [6.07, 6.45) is 6.24. The summed E-state index contributed by atoms with van der Waals surface area (Å²) in [4.78, 5) is 67.4. The van der Waals surface area contributed by atoms with E-state index in [0.29, 0.717) is 0 Å². The van der Waals surface area contributed by atoms with E-state index in [-0.39, 0.29) is 67.6 Å². The Labute approximate surface area is 189 Å². The maximum atomic E-state index is 13.1. The molecule has 4 atom stereocenters. The van der Waals surface area contributed by atoms with Crippen molar-refractivity contribution in [2.75, 3.05) is 13.1 Å². The molecule has 0 spiro atoms. The molecule has 170 valence electrons. The van der Waals surface area contributed by atoms with Gasteiger partial charge in [-0.25, -0.2) is 4.79 Å². The first-order valence-electron chi connectivity index (χ1n) is 11.1. The molecule has 1 N–H and O–H groups in total. The number of aromatic amines is 1. The number of carbonyl (C=O) groups is 3. The Hall–Kier alpha value is -3.75. The van der Waals surface area contributed by atoms with Gasteiger partial charge in [0, 0.05) is 31.9 Å². The van der Waals surface area contributed by atoms with Crippen molar-refractivity contribution in [3.05, 3.63) is 81.1 Å². The number of nitrogens with zero attached hydrogens (tertiary/aromatic N) is 3. The molecule has 3 amide bonds. The van der Waals surface area contributed by atoms with E-state index < -0.39 is 11.2 Å². The maximum Gasteiger partial charge on any atom is 0.328 e. The van der Waals surface area contributed by atoms with E-state index in [2.05, 4.69) is 4.98 Å². The number of likely N-dealkylation sites (tertiary alicyclic amines) is 1. The topological polar surface area (TPSA) is 113 Å². The predicted octanol–water partition coefficient (Wildman–Crippen LogP) is 0.373. The first kappa shape index (κ1) is 21.1. The zero-order valence-corrected chi connectivity index (χ0v) is 17.9. The Kier molecular flexibility index (Phi) is 5.32. The van der Waals surface area contributed by atoms with Crippen LogP contribution in [-0.4, -0.2) is 50.2 Å². The summed E-state index contributed by atoms with van der Waals surface area (Å²) < 4.78 is 1.13. The summed E-state index contributed by atoms with van der Waals surface area (Å²) in [6, 6.07) is 10.5. The molecule has 2 aromatic rings. The van der Waals surface area contributed by atoms with Crippen molar-refractivity contribution in [3.63, 3.8) is 0 Å². The third-order valence-electron chi connectivity index (χ3n) is 6.93. The zero-order valence-electron chi connectivity index (χ0n) is 17.9. The van der Waals surface area contributed by atoms with E-state index in [9.17, 15) is 24.0 Å². The minimum absolute atomic E-state index is 0.114. The highest BCUT2D eigenvalue weighted by Crippen LogP contribution is 2.52. The predicted molar refractivity (Wildman–Crippen MR) is 118 cm³/mol. The molecule has 1 aliphatic heterocycles. The van der Waals surface area contributed by atoms with E-state index in [1.807, 2.05) is 42.5 Å². The van der Waals surface area contributed by atoms with Gasteiger partial charge in [0.25, 0.3) is 5.56 Å². The van der Waals surface area contributed by atoms with Crippen LogP contribution in [0.3, 0.4) is 0 Å². The SMILES string of the molecule is O=C(Cn1ccc(=O)[nH]c1=O)N(CCN1C(=O)[C@@H]2[C@H](C1=O)[C@H]1C=C[C@@H]2C1)Cc1ccccc1. The number of fused-ring (bicyclic) bond motifs is 5. The lowest BCUT2D eigenvalue weighted by atomic mass is 9.85. The molecule has 1 aromatic heterocycles. The lowest BCUT2D eigenvalue weighted by Gasteiger charge is -2.26. The van der Waals surface area contributed by atoms with Crippen LogP contribution in [0.25, 0.3) is 0 Å². The van der Waals surface area contributed by atoms with Crippen LogP contribution < -0.4 is 11.2 Å². The molecular formula is C24H24N4O5. The molecule has 0 radical (unpaired) electrons. The second kappa shape index (κ2) is 8.31. The largest absolute Gasteiger partial charge is 0.335 e. The Balaban J connectivity index is 1.32. The highest BCUT2D eigenvalue weighted by molar-refractivity contribution is 6.06. The fourth-order valence-electron chi connectivity index (χ4n) is 5.32. The number of rotatable bonds is 7. The van der Waals surface area contributed by atoms with Crippen LogP contribution in [0.2, 0.25) is 0 Å². The van der Waals surface area contributed by atoms with Crippen LogP contribution in [0.4, 0.5) is 0 Å². The number of nitrogens with one attached hydrogen (secondary N) is 1. The van der Waals surface area contributed by atoms with Crippen molar-refractivity contribution in [2.45, 2.75) is 19.5 Å². The second-order valence-electron chi connectivity index (χ2n) is 8.87. The lowest BCUT2D eigenvalue weighted by Crippen LogP contribution is -2.43. The molecule has 2 bridgehead atoms. The van der Waals surface area contributed by atoms with Gasteiger partial charge in [0.1, 0.15) is 6.54 Å². The monoisotopic (exact) mass is 448 g/mol. The van der Waals surface area contributed by atoms with Crippen molar-refractivity contribution in [1.29, 1.82) is 0 Å². The third kappa shape index (κ3) is 3.83. The molecule has 33 heavy (non-hydrogen) atoms.